The summed E-state index contributed by atoms with van der Waals surface area (Å²) >= 11 is 3.42. The first kappa shape index (κ1) is 14.1. The molecule has 19 heavy (non-hydrogen) atoms. The summed E-state index contributed by atoms with van der Waals surface area (Å²) in [4.78, 5) is 0. The molecule has 0 fully saturated rings. The van der Waals surface area contributed by atoms with Crippen molar-refractivity contribution in [1.82, 2.24) is 15.1 Å². The van der Waals surface area contributed by atoms with Gasteiger partial charge in [-0.15, -0.1) is 0 Å². The van der Waals surface area contributed by atoms with Crippen LogP contribution in [-0.2, 0) is 6.54 Å². The maximum atomic E-state index is 13.3. The number of rotatable bonds is 4. The summed E-state index contributed by atoms with van der Waals surface area (Å²) in [6, 6.07) is 3.18. The molecule has 0 saturated heterocycles. The van der Waals surface area contributed by atoms with Crippen molar-refractivity contribution in [3.63, 3.8) is 0 Å². The van der Waals surface area contributed by atoms with E-state index >= 15 is 0 Å². The number of hydrogen-bond acceptors (Lipinski definition) is 2. The number of aromatic nitrogens is 2. The number of halogens is 3. The Hall–Kier alpha value is -1.27. The van der Waals surface area contributed by atoms with Gasteiger partial charge in [0.25, 0.3) is 0 Å². The van der Waals surface area contributed by atoms with Gasteiger partial charge in [-0.25, -0.2) is 8.78 Å². The Morgan fingerprint density at radius 1 is 1.32 bits per heavy atom. The minimum Gasteiger partial charge on any atom is -0.308 e. The molecule has 0 aliphatic heterocycles. The Morgan fingerprint density at radius 2 is 1.95 bits per heavy atom. The molecular weight excluding hydrogens is 316 g/mol. The van der Waals surface area contributed by atoms with Crippen LogP contribution in [0.2, 0.25) is 0 Å². The monoisotopic (exact) mass is 329 g/mol. The molecule has 1 aromatic carbocycles. The lowest BCUT2D eigenvalue weighted by Crippen LogP contribution is -2.22. The van der Waals surface area contributed by atoms with Crippen LogP contribution in [-0.4, -0.2) is 16.8 Å². The molecule has 1 N–H and O–H groups in total. The van der Waals surface area contributed by atoms with E-state index in [9.17, 15) is 8.78 Å². The number of aryl methyl sites for hydroxylation is 1. The van der Waals surface area contributed by atoms with Crippen molar-refractivity contribution >= 4 is 15.9 Å². The standard InChI is InChI=1S/C13H14BrF2N3/c1-3-19-13(11(14)7-18-19)12(17-2)8-4-9(15)6-10(16)5-8/h4-7,12,17H,3H2,1-2H3. The molecule has 0 spiro atoms. The molecule has 1 unspecified atom stereocenters. The predicted octanol–water partition coefficient (Wildman–Crippen LogP) is 3.25. The van der Waals surface area contributed by atoms with Gasteiger partial charge in [-0.1, -0.05) is 0 Å². The van der Waals surface area contributed by atoms with Crippen LogP contribution in [0.25, 0.3) is 0 Å². The van der Waals surface area contributed by atoms with E-state index in [-0.39, 0.29) is 6.04 Å². The van der Waals surface area contributed by atoms with Gasteiger partial charge in [-0.3, -0.25) is 4.68 Å². The fourth-order valence-corrected chi connectivity index (χ4v) is 2.64. The van der Waals surface area contributed by atoms with E-state index < -0.39 is 11.6 Å². The SMILES string of the molecule is CCn1ncc(Br)c1C(NC)c1cc(F)cc(F)c1. The molecular formula is C13H14BrF2N3. The summed E-state index contributed by atoms with van der Waals surface area (Å²) in [7, 11) is 1.74. The zero-order chi connectivity index (χ0) is 14.0. The molecule has 1 heterocycles. The molecule has 6 heteroatoms. The van der Waals surface area contributed by atoms with Crippen LogP contribution >= 0.6 is 15.9 Å². The van der Waals surface area contributed by atoms with Crippen LogP contribution in [0.3, 0.4) is 0 Å². The van der Waals surface area contributed by atoms with E-state index in [1.165, 1.54) is 12.1 Å². The molecule has 0 saturated carbocycles. The van der Waals surface area contributed by atoms with Crippen molar-refractivity contribution in [1.29, 1.82) is 0 Å². The predicted molar refractivity (Wildman–Crippen MR) is 72.9 cm³/mol. The average molecular weight is 330 g/mol. The molecule has 1 aromatic heterocycles. The fourth-order valence-electron chi connectivity index (χ4n) is 2.11. The zero-order valence-corrected chi connectivity index (χ0v) is 12.2. The van der Waals surface area contributed by atoms with E-state index in [0.29, 0.717) is 12.1 Å². The molecule has 3 nitrogen and oxygen atoms in total. The summed E-state index contributed by atoms with van der Waals surface area (Å²) in [5.41, 5.74) is 1.37. The third kappa shape index (κ3) is 2.84. The van der Waals surface area contributed by atoms with Crippen molar-refractivity contribution in [2.75, 3.05) is 7.05 Å². The summed E-state index contributed by atoms with van der Waals surface area (Å²) < 4.78 is 29.3. The van der Waals surface area contributed by atoms with Gasteiger partial charge < -0.3 is 5.32 Å². The molecule has 0 radical (unpaired) electrons. The van der Waals surface area contributed by atoms with Gasteiger partial charge >= 0.3 is 0 Å². The zero-order valence-electron chi connectivity index (χ0n) is 10.6. The second kappa shape index (κ2) is 5.79. The fraction of sp³-hybridized carbons (Fsp3) is 0.308. The molecule has 0 bridgehead atoms. The van der Waals surface area contributed by atoms with Crippen LogP contribution < -0.4 is 5.32 Å². The van der Waals surface area contributed by atoms with E-state index in [2.05, 4.69) is 26.3 Å². The molecule has 1 atom stereocenters. The highest BCUT2D eigenvalue weighted by Gasteiger charge is 2.21. The van der Waals surface area contributed by atoms with Gasteiger partial charge in [-0.05, 0) is 47.6 Å². The van der Waals surface area contributed by atoms with Crippen LogP contribution in [0, 0.1) is 11.6 Å². The second-order valence-electron chi connectivity index (χ2n) is 4.12. The van der Waals surface area contributed by atoms with Crippen molar-refractivity contribution in [2.45, 2.75) is 19.5 Å². The van der Waals surface area contributed by atoms with E-state index in [0.717, 1.165) is 16.2 Å². The molecule has 2 rings (SSSR count). The summed E-state index contributed by atoms with van der Waals surface area (Å²) in [5.74, 6) is -1.18. The Morgan fingerprint density at radius 3 is 2.47 bits per heavy atom. The highest BCUT2D eigenvalue weighted by atomic mass is 79.9. The minimum absolute atomic E-state index is 0.331. The van der Waals surface area contributed by atoms with Gasteiger partial charge in [0, 0.05) is 12.6 Å². The van der Waals surface area contributed by atoms with Crippen molar-refractivity contribution in [3.8, 4) is 0 Å². The normalized spacial score (nSPS) is 12.7. The first-order chi connectivity index (χ1) is 9.06. The molecule has 102 valence electrons. The number of nitrogens with zero attached hydrogens (tertiary/aromatic N) is 2. The Labute approximate surface area is 118 Å². The maximum Gasteiger partial charge on any atom is 0.126 e. The van der Waals surface area contributed by atoms with Gasteiger partial charge in [0.2, 0.25) is 0 Å². The first-order valence-electron chi connectivity index (χ1n) is 5.91. The van der Waals surface area contributed by atoms with E-state index in [1.54, 1.807) is 17.9 Å². The third-order valence-electron chi connectivity index (χ3n) is 2.91. The average Bonchev–Trinajstić information content (AvgIpc) is 2.71. The molecule has 0 aliphatic carbocycles. The quantitative estimate of drug-likeness (QED) is 0.933. The highest BCUT2D eigenvalue weighted by Crippen LogP contribution is 2.29. The van der Waals surface area contributed by atoms with Gasteiger partial charge in [0.15, 0.2) is 0 Å². The van der Waals surface area contributed by atoms with Crippen LogP contribution in [0.5, 0.6) is 0 Å². The van der Waals surface area contributed by atoms with E-state index in [4.69, 9.17) is 0 Å². The van der Waals surface area contributed by atoms with E-state index in [1.807, 2.05) is 6.92 Å². The van der Waals surface area contributed by atoms with Crippen molar-refractivity contribution < 1.29 is 8.78 Å². The highest BCUT2D eigenvalue weighted by molar-refractivity contribution is 9.10. The topological polar surface area (TPSA) is 29.9 Å². The van der Waals surface area contributed by atoms with Crippen LogP contribution in [0.1, 0.15) is 24.2 Å². The molecule has 2 aromatic rings. The number of hydrogen-bond donors (Lipinski definition) is 1. The smallest absolute Gasteiger partial charge is 0.126 e. The Kier molecular flexibility index (Phi) is 4.31. The number of nitrogens with one attached hydrogen (secondary N) is 1. The lowest BCUT2D eigenvalue weighted by Gasteiger charge is -2.19. The van der Waals surface area contributed by atoms with Crippen LogP contribution in [0.15, 0.2) is 28.9 Å². The van der Waals surface area contributed by atoms with Gasteiger partial charge in [-0.2, -0.15) is 5.10 Å². The van der Waals surface area contributed by atoms with Crippen LogP contribution in [0.4, 0.5) is 8.78 Å². The molecule has 0 amide bonds. The third-order valence-corrected chi connectivity index (χ3v) is 3.52. The minimum atomic E-state index is -0.589. The maximum absolute atomic E-state index is 13.3. The summed E-state index contributed by atoms with van der Waals surface area (Å²) in [6.45, 7) is 2.64. The Balaban J connectivity index is 2.52. The van der Waals surface area contributed by atoms with Gasteiger partial charge in [0.05, 0.1) is 22.4 Å². The number of benzene rings is 1. The Bertz CT molecular complexity index is 563. The van der Waals surface area contributed by atoms with Gasteiger partial charge in [0.1, 0.15) is 11.6 Å². The largest absolute Gasteiger partial charge is 0.308 e. The van der Waals surface area contributed by atoms with Crippen molar-refractivity contribution in [2.24, 2.45) is 0 Å². The lowest BCUT2D eigenvalue weighted by molar-refractivity contribution is 0.545. The lowest BCUT2D eigenvalue weighted by atomic mass is 10.0. The second-order valence-corrected chi connectivity index (χ2v) is 4.97. The summed E-state index contributed by atoms with van der Waals surface area (Å²) in [6.07, 6.45) is 1.68. The van der Waals surface area contributed by atoms with Crippen molar-refractivity contribution in [3.05, 3.63) is 51.8 Å². The summed E-state index contributed by atoms with van der Waals surface area (Å²) in [5, 5.41) is 7.28. The molecule has 0 aliphatic rings. The first-order valence-corrected chi connectivity index (χ1v) is 6.70.